The lowest BCUT2D eigenvalue weighted by Gasteiger charge is -2.07. The van der Waals surface area contributed by atoms with E-state index in [-0.39, 0.29) is 22.0 Å². The fraction of sp³-hybridized carbons (Fsp3) is 0. The Morgan fingerprint density at radius 3 is 2.72 bits per heavy atom. The molecule has 0 saturated heterocycles. The number of hydrogen-bond acceptors (Lipinski definition) is 5. The van der Waals surface area contributed by atoms with Crippen LogP contribution in [0.3, 0.4) is 0 Å². The Balaban J connectivity index is 2.18. The average Bonchev–Trinajstić information content (AvgIpc) is 2.57. The molecule has 126 valence electrons. The molecule has 2 aromatic carbocycles. The van der Waals surface area contributed by atoms with Gasteiger partial charge >= 0.3 is 0 Å². The molecule has 0 spiro atoms. The van der Waals surface area contributed by atoms with Crippen LogP contribution in [0.2, 0.25) is 5.02 Å². The van der Waals surface area contributed by atoms with E-state index in [1.54, 1.807) is 24.3 Å². The number of non-ortho nitro benzene ring substituents is 1. The zero-order chi connectivity index (χ0) is 18.4. The van der Waals surface area contributed by atoms with Crippen molar-refractivity contribution in [1.82, 2.24) is 0 Å². The van der Waals surface area contributed by atoms with Gasteiger partial charge in [0.15, 0.2) is 0 Å². The summed E-state index contributed by atoms with van der Waals surface area (Å²) in [5.41, 5.74) is 0.268. The largest absolute Gasteiger partial charge is 0.360 e. The second-order valence-electron chi connectivity index (χ2n) is 4.70. The lowest BCUT2D eigenvalue weighted by molar-refractivity contribution is -0.384. The second-order valence-corrected chi connectivity index (χ2v) is 6.02. The maximum absolute atomic E-state index is 12.2. The van der Waals surface area contributed by atoms with Crippen LogP contribution in [0.25, 0.3) is 0 Å². The maximum Gasteiger partial charge on any atom is 0.271 e. The molecular weight excluding hydrogens is 412 g/mol. The Bertz CT molecular complexity index is 908. The van der Waals surface area contributed by atoms with Crippen LogP contribution in [0.4, 0.5) is 17.1 Å². The van der Waals surface area contributed by atoms with Crippen molar-refractivity contribution < 1.29 is 9.72 Å². The molecule has 2 aromatic rings. The highest BCUT2D eigenvalue weighted by molar-refractivity contribution is 9.10. The number of rotatable bonds is 5. The standard InChI is InChI=1S/C16H10BrClN4O3/c17-11-2-1-3-12(6-11)20-9-10(8-19)16(23)21-15-7-13(22(24)25)4-5-14(15)18/h1-7,9,20H,(H,21,23)/b10-9-. The van der Waals surface area contributed by atoms with E-state index in [2.05, 4.69) is 26.6 Å². The molecule has 0 aliphatic carbocycles. The second kappa shape index (κ2) is 8.28. The Morgan fingerprint density at radius 1 is 1.32 bits per heavy atom. The highest BCUT2D eigenvalue weighted by atomic mass is 79.9. The fourth-order valence-corrected chi connectivity index (χ4v) is 2.36. The number of nitriles is 1. The van der Waals surface area contributed by atoms with E-state index < -0.39 is 10.8 Å². The van der Waals surface area contributed by atoms with Gasteiger partial charge in [-0.05, 0) is 24.3 Å². The lowest BCUT2D eigenvalue weighted by Crippen LogP contribution is -2.15. The molecule has 0 heterocycles. The van der Waals surface area contributed by atoms with Gasteiger partial charge in [-0.3, -0.25) is 14.9 Å². The third-order valence-corrected chi connectivity index (χ3v) is 3.80. The Labute approximate surface area is 156 Å². The first-order valence-corrected chi connectivity index (χ1v) is 7.95. The molecular formula is C16H10BrClN4O3. The lowest BCUT2D eigenvalue weighted by atomic mass is 10.2. The van der Waals surface area contributed by atoms with Crippen LogP contribution < -0.4 is 10.6 Å². The summed E-state index contributed by atoms with van der Waals surface area (Å²) in [5, 5.41) is 25.3. The first kappa shape index (κ1) is 18.4. The zero-order valence-corrected chi connectivity index (χ0v) is 14.8. The molecule has 0 radical (unpaired) electrons. The van der Waals surface area contributed by atoms with E-state index in [4.69, 9.17) is 16.9 Å². The highest BCUT2D eigenvalue weighted by Gasteiger charge is 2.15. The van der Waals surface area contributed by atoms with Gasteiger partial charge < -0.3 is 10.6 Å². The van der Waals surface area contributed by atoms with Crippen LogP contribution in [0.1, 0.15) is 0 Å². The fourth-order valence-electron chi connectivity index (χ4n) is 1.79. The molecule has 0 aliphatic heterocycles. The number of nitrogens with one attached hydrogen (secondary N) is 2. The summed E-state index contributed by atoms with van der Waals surface area (Å²) in [6.45, 7) is 0. The third kappa shape index (κ3) is 5.04. The Morgan fingerprint density at radius 2 is 2.08 bits per heavy atom. The summed E-state index contributed by atoms with van der Waals surface area (Å²) < 4.78 is 0.831. The molecule has 2 rings (SSSR count). The molecule has 0 aromatic heterocycles. The first-order valence-electron chi connectivity index (χ1n) is 6.78. The Kier molecular flexibility index (Phi) is 6.11. The molecule has 9 heteroatoms. The molecule has 0 saturated carbocycles. The monoisotopic (exact) mass is 420 g/mol. The summed E-state index contributed by atoms with van der Waals surface area (Å²) in [4.78, 5) is 22.4. The molecule has 1 amide bonds. The number of nitrogens with zero attached hydrogens (tertiary/aromatic N) is 2. The van der Waals surface area contributed by atoms with E-state index >= 15 is 0 Å². The summed E-state index contributed by atoms with van der Waals surface area (Å²) in [6, 6.07) is 12.5. The van der Waals surface area contributed by atoms with E-state index in [1.165, 1.54) is 18.3 Å². The number of amides is 1. The third-order valence-electron chi connectivity index (χ3n) is 2.98. The average molecular weight is 422 g/mol. The molecule has 0 fully saturated rings. The van der Waals surface area contributed by atoms with Crippen LogP contribution >= 0.6 is 27.5 Å². The van der Waals surface area contributed by atoms with Crippen molar-refractivity contribution in [2.75, 3.05) is 10.6 Å². The minimum Gasteiger partial charge on any atom is -0.360 e. The van der Waals surface area contributed by atoms with E-state index in [0.717, 1.165) is 10.5 Å². The van der Waals surface area contributed by atoms with Gasteiger partial charge in [0.2, 0.25) is 0 Å². The SMILES string of the molecule is N#C/C(=C/Nc1cccc(Br)c1)C(=O)Nc1cc([N+](=O)[O-])ccc1Cl. The molecule has 25 heavy (non-hydrogen) atoms. The number of carbonyl (C=O) groups excluding carboxylic acids is 1. The zero-order valence-electron chi connectivity index (χ0n) is 12.5. The minimum absolute atomic E-state index is 0.0458. The van der Waals surface area contributed by atoms with Crippen LogP contribution in [-0.4, -0.2) is 10.8 Å². The number of nitro benzene ring substituents is 1. The number of nitro groups is 1. The van der Waals surface area contributed by atoms with Crippen LogP contribution in [0.15, 0.2) is 58.7 Å². The number of halogens is 2. The quantitative estimate of drug-likeness (QED) is 0.320. The van der Waals surface area contributed by atoms with Gasteiger partial charge in [0, 0.05) is 28.5 Å². The van der Waals surface area contributed by atoms with E-state index in [0.29, 0.717) is 5.69 Å². The van der Waals surface area contributed by atoms with E-state index in [1.807, 2.05) is 6.07 Å². The van der Waals surface area contributed by atoms with Gasteiger partial charge in [-0.15, -0.1) is 0 Å². The van der Waals surface area contributed by atoms with Crippen molar-refractivity contribution in [2.24, 2.45) is 0 Å². The molecule has 2 N–H and O–H groups in total. The predicted octanol–water partition coefficient (Wildman–Crippen LogP) is 4.47. The number of carbonyl (C=O) groups is 1. The van der Waals surface area contributed by atoms with Crippen molar-refractivity contribution in [3.05, 3.63) is 73.8 Å². The van der Waals surface area contributed by atoms with Gasteiger partial charge in [0.1, 0.15) is 11.6 Å². The van der Waals surface area contributed by atoms with Crippen molar-refractivity contribution >= 4 is 50.5 Å². The van der Waals surface area contributed by atoms with Gasteiger partial charge in [-0.25, -0.2) is 0 Å². The summed E-state index contributed by atoms with van der Waals surface area (Å²) in [6.07, 6.45) is 1.24. The summed E-state index contributed by atoms with van der Waals surface area (Å²) in [5.74, 6) is -0.743. The molecule has 7 nitrogen and oxygen atoms in total. The van der Waals surface area contributed by atoms with Crippen molar-refractivity contribution in [3.63, 3.8) is 0 Å². The number of benzene rings is 2. The van der Waals surface area contributed by atoms with Crippen molar-refractivity contribution in [3.8, 4) is 6.07 Å². The molecule has 0 unspecified atom stereocenters. The van der Waals surface area contributed by atoms with E-state index in [9.17, 15) is 14.9 Å². The van der Waals surface area contributed by atoms with Crippen LogP contribution in [0.5, 0.6) is 0 Å². The van der Waals surface area contributed by atoms with Gasteiger partial charge in [0.25, 0.3) is 11.6 Å². The smallest absolute Gasteiger partial charge is 0.271 e. The normalized spacial score (nSPS) is 10.7. The van der Waals surface area contributed by atoms with Crippen LogP contribution in [0, 0.1) is 21.4 Å². The summed E-state index contributed by atoms with van der Waals surface area (Å²) >= 11 is 9.23. The van der Waals surface area contributed by atoms with Gasteiger partial charge in [-0.2, -0.15) is 5.26 Å². The topological polar surface area (TPSA) is 108 Å². The molecule has 0 atom stereocenters. The maximum atomic E-state index is 12.2. The molecule has 0 bridgehead atoms. The summed E-state index contributed by atoms with van der Waals surface area (Å²) in [7, 11) is 0. The number of hydrogen-bond donors (Lipinski definition) is 2. The minimum atomic E-state index is -0.743. The van der Waals surface area contributed by atoms with Gasteiger partial charge in [0.05, 0.1) is 15.6 Å². The number of anilines is 2. The van der Waals surface area contributed by atoms with Crippen molar-refractivity contribution in [1.29, 1.82) is 5.26 Å². The predicted molar refractivity (Wildman–Crippen MR) is 98.2 cm³/mol. The van der Waals surface area contributed by atoms with Gasteiger partial charge in [-0.1, -0.05) is 33.6 Å². The highest BCUT2D eigenvalue weighted by Crippen LogP contribution is 2.27. The molecule has 0 aliphatic rings. The van der Waals surface area contributed by atoms with Crippen LogP contribution in [-0.2, 0) is 4.79 Å². The Hall–Kier alpha value is -2.89. The van der Waals surface area contributed by atoms with Crippen molar-refractivity contribution in [2.45, 2.75) is 0 Å². The first-order chi connectivity index (χ1) is 11.9.